The molecule has 5 heteroatoms. The Kier molecular flexibility index (Phi) is 4.93. The number of halogens is 2. The minimum atomic E-state index is 0.268. The Labute approximate surface area is 131 Å². The highest BCUT2D eigenvalue weighted by Gasteiger charge is 2.30. The Bertz CT molecular complexity index is 442. The quantitative estimate of drug-likeness (QED) is 0.856. The molecule has 3 nitrogen and oxygen atoms in total. The van der Waals surface area contributed by atoms with Crippen molar-refractivity contribution in [3.63, 3.8) is 0 Å². The summed E-state index contributed by atoms with van der Waals surface area (Å²) in [6, 6.07) is 4.62. The average molecular weight is 392 g/mol. The van der Waals surface area contributed by atoms with Crippen LogP contribution in [0.4, 0.5) is 0 Å². The number of likely N-dealkylation sites (N-methyl/N-ethyl adjacent to an activating group) is 1. The fourth-order valence-electron chi connectivity index (χ4n) is 2.82. The van der Waals surface area contributed by atoms with Crippen molar-refractivity contribution in [1.82, 2.24) is 9.80 Å². The first kappa shape index (κ1) is 15.3. The van der Waals surface area contributed by atoms with E-state index in [0.29, 0.717) is 12.0 Å². The molecular weight excluding hydrogens is 372 g/mol. The highest BCUT2D eigenvalue weighted by Crippen LogP contribution is 2.34. The number of hydrogen-bond donors (Lipinski definition) is 1. The van der Waals surface area contributed by atoms with Crippen molar-refractivity contribution < 1.29 is 5.11 Å². The van der Waals surface area contributed by atoms with Crippen LogP contribution >= 0.6 is 31.9 Å². The van der Waals surface area contributed by atoms with Crippen LogP contribution in [0, 0.1) is 5.92 Å². The normalized spacial score (nSPS) is 24.3. The molecule has 0 saturated carbocycles. The van der Waals surface area contributed by atoms with E-state index < -0.39 is 0 Å². The predicted molar refractivity (Wildman–Crippen MR) is 85.4 cm³/mol. The van der Waals surface area contributed by atoms with Crippen LogP contribution in [0.3, 0.4) is 0 Å². The van der Waals surface area contributed by atoms with Crippen molar-refractivity contribution in [2.75, 3.05) is 27.2 Å². The molecule has 2 unspecified atom stereocenters. The zero-order valence-corrected chi connectivity index (χ0v) is 14.7. The van der Waals surface area contributed by atoms with Gasteiger partial charge in [-0.05, 0) is 69.6 Å². The van der Waals surface area contributed by atoms with Gasteiger partial charge in [-0.15, -0.1) is 0 Å². The second-order valence-electron chi connectivity index (χ2n) is 5.61. The molecule has 1 saturated heterocycles. The van der Waals surface area contributed by atoms with E-state index in [0.717, 1.165) is 28.6 Å². The molecule has 0 bridgehead atoms. The monoisotopic (exact) mass is 390 g/mol. The first-order chi connectivity index (χ1) is 8.88. The lowest BCUT2D eigenvalue weighted by atomic mass is 10.1. The average Bonchev–Trinajstić information content (AvgIpc) is 2.67. The number of benzene rings is 1. The van der Waals surface area contributed by atoms with Crippen LogP contribution in [0.25, 0.3) is 0 Å². The number of phenolic OH excluding ortho intramolecular Hbond substituents is 1. The zero-order chi connectivity index (χ0) is 14.2. The summed E-state index contributed by atoms with van der Waals surface area (Å²) in [6.45, 7) is 5.46. The number of aromatic hydroxyl groups is 1. The predicted octanol–water partition coefficient (Wildman–Crippen LogP) is 3.30. The van der Waals surface area contributed by atoms with Crippen LogP contribution in [0.1, 0.15) is 12.5 Å². The highest BCUT2D eigenvalue weighted by molar-refractivity contribution is 9.11. The second kappa shape index (κ2) is 6.12. The number of nitrogens with zero attached hydrogens (tertiary/aromatic N) is 2. The van der Waals surface area contributed by atoms with Crippen molar-refractivity contribution in [1.29, 1.82) is 0 Å². The van der Waals surface area contributed by atoms with E-state index in [1.165, 1.54) is 5.56 Å². The van der Waals surface area contributed by atoms with Gasteiger partial charge in [0.2, 0.25) is 0 Å². The van der Waals surface area contributed by atoms with Gasteiger partial charge >= 0.3 is 0 Å². The third kappa shape index (κ3) is 3.51. The summed E-state index contributed by atoms with van der Waals surface area (Å²) in [6.07, 6.45) is 0. The van der Waals surface area contributed by atoms with E-state index >= 15 is 0 Å². The topological polar surface area (TPSA) is 26.7 Å². The molecule has 1 aliphatic heterocycles. The summed E-state index contributed by atoms with van der Waals surface area (Å²) < 4.78 is 1.49. The fourth-order valence-corrected chi connectivity index (χ4v) is 4.10. The van der Waals surface area contributed by atoms with Crippen molar-refractivity contribution >= 4 is 31.9 Å². The molecule has 106 valence electrons. The summed E-state index contributed by atoms with van der Waals surface area (Å²) in [5, 5.41) is 9.73. The van der Waals surface area contributed by atoms with Gasteiger partial charge in [-0.1, -0.05) is 6.92 Å². The second-order valence-corrected chi connectivity index (χ2v) is 7.32. The third-order valence-corrected chi connectivity index (χ3v) is 5.00. The molecule has 1 aromatic carbocycles. The number of phenols is 1. The van der Waals surface area contributed by atoms with E-state index in [-0.39, 0.29) is 5.75 Å². The first-order valence-electron chi connectivity index (χ1n) is 6.44. The van der Waals surface area contributed by atoms with Crippen LogP contribution in [-0.4, -0.2) is 48.1 Å². The molecule has 1 heterocycles. The van der Waals surface area contributed by atoms with Gasteiger partial charge in [0.15, 0.2) is 0 Å². The molecule has 19 heavy (non-hydrogen) atoms. The lowest BCUT2D eigenvalue weighted by Crippen LogP contribution is -2.34. The Morgan fingerprint density at radius 1 is 1.26 bits per heavy atom. The number of rotatable bonds is 3. The highest BCUT2D eigenvalue weighted by atomic mass is 79.9. The van der Waals surface area contributed by atoms with Gasteiger partial charge in [0.25, 0.3) is 0 Å². The molecule has 0 radical (unpaired) electrons. The maximum absolute atomic E-state index is 9.73. The Morgan fingerprint density at radius 3 is 2.32 bits per heavy atom. The summed E-state index contributed by atoms with van der Waals surface area (Å²) in [5.41, 5.74) is 1.21. The molecular formula is C14H20Br2N2O. The lowest BCUT2D eigenvalue weighted by Gasteiger charge is -2.22. The van der Waals surface area contributed by atoms with Crippen molar-refractivity contribution in [3.8, 4) is 5.75 Å². The Hall–Kier alpha value is -0.100. The van der Waals surface area contributed by atoms with Crippen LogP contribution in [0.15, 0.2) is 21.1 Å². The molecule has 0 aliphatic carbocycles. The van der Waals surface area contributed by atoms with Gasteiger partial charge in [-0.25, -0.2) is 0 Å². The molecule has 2 atom stereocenters. The Balaban J connectivity index is 2.07. The molecule has 0 spiro atoms. The summed E-state index contributed by atoms with van der Waals surface area (Å²) in [4.78, 5) is 4.79. The standard InChI is InChI=1S/C14H20Br2N2O/c1-9-6-18(8-13(9)17(2)3)7-10-4-11(15)14(19)12(16)5-10/h4-5,9,13,19H,6-8H2,1-3H3. The molecule has 1 fully saturated rings. The van der Waals surface area contributed by atoms with E-state index in [1.54, 1.807) is 0 Å². The zero-order valence-electron chi connectivity index (χ0n) is 11.5. The SMILES string of the molecule is CC1CN(Cc2cc(Br)c(O)c(Br)c2)CC1N(C)C. The molecule has 1 aliphatic rings. The van der Waals surface area contributed by atoms with Gasteiger partial charge < -0.3 is 10.0 Å². The molecule has 0 aromatic heterocycles. The number of likely N-dealkylation sites (tertiary alicyclic amines) is 1. The van der Waals surface area contributed by atoms with E-state index in [1.807, 2.05) is 12.1 Å². The van der Waals surface area contributed by atoms with Crippen molar-refractivity contribution in [2.45, 2.75) is 19.5 Å². The number of hydrogen-bond acceptors (Lipinski definition) is 3. The van der Waals surface area contributed by atoms with Crippen LogP contribution in [0.2, 0.25) is 0 Å². The summed E-state index contributed by atoms with van der Waals surface area (Å²) >= 11 is 6.77. The van der Waals surface area contributed by atoms with Crippen LogP contribution in [0.5, 0.6) is 5.75 Å². The van der Waals surface area contributed by atoms with Crippen LogP contribution < -0.4 is 0 Å². The van der Waals surface area contributed by atoms with Crippen LogP contribution in [-0.2, 0) is 6.54 Å². The maximum Gasteiger partial charge on any atom is 0.143 e. The molecule has 0 amide bonds. The Morgan fingerprint density at radius 2 is 1.84 bits per heavy atom. The van der Waals surface area contributed by atoms with E-state index in [9.17, 15) is 5.11 Å². The third-order valence-electron chi connectivity index (χ3n) is 3.79. The fraction of sp³-hybridized carbons (Fsp3) is 0.571. The minimum absolute atomic E-state index is 0.268. The molecule has 2 rings (SSSR count). The van der Waals surface area contributed by atoms with Gasteiger partial charge in [0.1, 0.15) is 5.75 Å². The van der Waals surface area contributed by atoms with E-state index in [4.69, 9.17) is 0 Å². The van der Waals surface area contributed by atoms with Crippen molar-refractivity contribution in [2.24, 2.45) is 5.92 Å². The maximum atomic E-state index is 9.73. The van der Waals surface area contributed by atoms with Crippen molar-refractivity contribution in [3.05, 3.63) is 26.6 Å². The summed E-state index contributed by atoms with van der Waals surface area (Å²) in [5.74, 6) is 0.962. The van der Waals surface area contributed by atoms with E-state index in [2.05, 4.69) is 62.7 Å². The largest absolute Gasteiger partial charge is 0.506 e. The lowest BCUT2D eigenvalue weighted by molar-refractivity contribution is 0.250. The summed E-state index contributed by atoms with van der Waals surface area (Å²) in [7, 11) is 4.30. The van der Waals surface area contributed by atoms with Gasteiger partial charge in [0, 0.05) is 25.7 Å². The smallest absolute Gasteiger partial charge is 0.143 e. The first-order valence-corrected chi connectivity index (χ1v) is 8.02. The molecule has 1 aromatic rings. The minimum Gasteiger partial charge on any atom is -0.506 e. The van der Waals surface area contributed by atoms with Gasteiger partial charge in [-0.3, -0.25) is 4.90 Å². The van der Waals surface area contributed by atoms with Gasteiger partial charge in [-0.2, -0.15) is 0 Å². The molecule has 1 N–H and O–H groups in total. The van der Waals surface area contributed by atoms with Gasteiger partial charge in [0.05, 0.1) is 8.95 Å².